The van der Waals surface area contributed by atoms with Gasteiger partial charge < -0.3 is 14.8 Å². The minimum atomic E-state index is -3.02. The van der Waals surface area contributed by atoms with Gasteiger partial charge in [-0.25, -0.2) is 4.79 Å². The molecule has 0 aromatic heterocycles. The smallest absolute Gasteiger partial charge is 0.387 e. The Labute approximate surface area is 144 Å². The molecule has 1 N–H and O–H groups in total. The van der Waals surface area contributed by atoms with Crippen LogP contribution in [0.1, 0.15) is 10.4 Å². The highest BCUT2D eigenvalue weighted by Gasteiger charge is 2.14. The minimum Gasteiger partial charge on any atom is -0.452 e. The molecule has 2 aromatic carbocycles. The largest absolute Gasteiger partial charge is 0.452 e. The SMILES string of the molecule is O=C(COC(=O)c1cccc(Br)c1)Nc1ccccc1OC(F)F. The van der Waals surface area contributed by atoms with Crippen LogP contribution in [0.25, 0.3) is 0 Å². The van der Waals surface area contributed by atoms with Gasteiger partial charge >= 0.3 is 12.6 Å². The number of benzene rings is 2. The first-order valence-corrected chi connectivity index (χ1v) is 7.51. The van der Waals surface area contributed by atoms with Crippen LogP contribution in [0.15, 0.2) is 53.0 Å². The van der Waals surface area contributed by atoms with Crippen LogP contribution in [-0.4, -0.2) is 25.1 Å². The van der Waals surface area contributed by atoms with Crippen molar-refractivity contribution in [3.63, 3.8) is 0 Å². The molecule has 0 saturated carbocycles. The molecule has 0 aliphatic heterocycles. The number of esters is 1. The Morgan fingerprint density at radius 1 is 1.12 bits per heavy atom. The fourth-order valence-corrected chi connectivity index (χ4v) is 2.18. The quantitative estimate of drug-likeness (QED) is 0.749. The van der Waals surface area contributed by atoms with Crippen molar-refractivity contribution in [2.75, 3.05) is 11.9 Å². The van der Waals surface area contributed by atoms with Crippen molar-refractivity contribution in [1.29, 1.82) is 0 Å². The molecule has 0 atom stereocenters. The first-order valence-electron chi connectivity index (χ1n) is 6.72. The summed E-state index contributed by atoms with van der Waals surface area (Å²) in [6.07, 6.45) is 0. The van der Waals surface area contributed by atoms with E-state index in [1.165, 1.54) is 24.3 Å². The van der Waals surface area contributed by atoms with Gasteiger partial charge in [0.1, 0.15) is 5.75 Å². The molecule has 2 rings (SSSR count). The lowest BCUT2D eigenvalue weighted by Gasteiger charge is -2.11. The number of hydrogen-bond acceptors (Lipinski definition) is 4. The third-order valence-corrected chi connectivity index (χ3v) is 3.27. The van der Waals surface area contributed by atoms with E-state index in [0.717, 1.165) is 0 Å². The van der Waals surface area contributed by atoms with Crippen LogP contribution >= 0.6 is 15.9 Å². The summed E-state index contributed by atoms with van der Waals surface area (Å²) in [6, 6.07) is 12.2. The molecule has 0 spiro atoms. The van der Waals surface area contributed by atoms with Crippen LogP contribution in [0, 0.1) is 0 Å². The van der Waals surface area contributed by atoms with Gasteiger partial charge in [0.15, 0.2) is 6.61 Å². The molecule has 0 heterocycles. The maximum atomic E-state index is 12.3. The number of carbonyl (C=O) groups excluding carboxylic acids is 2. The third-order valence-electron chi connectivity index (χ3n) is 2.77. The number of halogens is 3. The molecule has 0 aliphatic carbocycles. The summed E-state index contributed by atoms with van der Waals surface area (Å²) < 4.78 is 34.5. The van der Waals surface area contributed by atoms with E-state index in [4.69, 9.17) is 4.74 Å². The molecule has 8 heteroatoms. The second-order valence-electron chi connectivity index (χ2n) is 4.51. The summed E-state index contributed by atoms with van der Waals surface area (Å²) >= 11 is 3.22. The van der Waals surface area contributed by atoms with E-state index in [-0.39, 0.29) is 17.0 Å². The predicted octanol–water partition coefficient (Wildman–Crippen LogP) is 3.85. The second-order valence-corrected chi connectivity index (χ2v) is 5.42. The van der Waals surface area contributed by atoms with Crippen molar-refractivity contribution < 1.29 is 27.8 Å². The van der Waals surface area contributed by atoms with Gasteiger partial charge in [0.25, 0.3) is 5.91 Å². The first kappa shape index (κ1) is 17.9. The summed E-state index contributed by atoms with van der Waals surface area (Å²) in [7, 11) is 0. The Morgan fingerprint density at radius 3 is 2.58 bits per heavy atom. The van der Waals surface area contributed by atoms with Gasteiger partial charge in [-0.05, 0) is 30.3 Å². The molecule has 0 saturated heterocycles. The molecule has 0 radical (unpaired) electrons. The Morgan fingerprint density at radius 2 is 1.88 bits per heavy atom. The van der Waals surface area contributed by atoms with E-state index in [2.05, 4.69) is 26.0 Å². The molecule has 126 valence electrons. The Balaban J connectivity index is 1.93. The normalized spacial score (nSPS) is 10.3. The number of amides is 1. The Bertz CT molecular complexity index is 740. The number of rotatable bonds is 6. The third kappa shape index (κ3) is 5.31. The fraction of sp³-hybridized carbons (Fsp3) is 0.125. The summed E-state index contributed by atoms with van der Waals surface area (Å²) in [4.78, 5) is 23.6. The molecular formula is C16H12BrF2NO4. The molecule has 1 amide bonds. The van der Waals surface area contributed by atoms with Crippen LogP contribution in [0.2, 0.25) is 0 Å². The standard InChI is InChI=1S/C16H12BrF2NO4/c17-11-5-3-4-10(8-11)15(22)23-9-14(21)20-12-6-1-2-7-13(12)24-16(18)19/h1-8,16H,9H2,(H,20,21). The number of ether oxygens (including phenoxy) is 2. The van der Waals surface area contributed by atoms with Crippen LogP contribution < -0.4 is 10.1 Å². The minimum absolute atomic E-state index is 0.0568. The highest BCUT2D eigenvalue weighted by atomic mass is 79.9. The van der Waals surface area contributed by atoms with E-state index in [9.17, 15) is 18.4 Å². The summed E-state index contributed by atoms with van der Waals surface area (Å²) in [5.74, 6) is -1.54. The Hall–Kier alpha value is -2.48. The van der Waals surface area contributed by atoms with Crippen molar-refractivity contribution in [1.82, 2.24) is 0 Å². The molecular weight excluding hydrogens is 388 g/mol. The van der Waals surface area contributed by atoms with Crippen LogP contribution in [0.3, 0.4) is 0 Å². The molecule has 5 nitrogen and oxygen atoms in total. The lowest BCUT2D eigenvalue weighted by atomic mass is 10.2. The lowest BCUT2D eigenvalue weighted by molar-refractivity contribution is -0.119. The van der Waals surface area contributed by atoms with Crippen LogP contribution in [-0.2, 0) is 9.53 Å². The molecule has 2 aromatic rings. The van der Waals surface area contributed by atoms with Crippen molar-refractivity contribution in [3.05, 3.63) is 58.6 Å². The lowest BCUT2D eigenvalue weighted by Crippen LogP contribution is -2.21. The van der Waals surface area contributed by atoms with Crippen molar-refractivity contribution in [3.8, 4) is 5.75 Å². The zero-order valence-corrected chi connectivity index (χ0v) is 13.8. The monoisotopic (exact) mass is 399 g/mol. The number of para-hydroxylation sites is 2. The fourth-order valence-electron chi connectivity index (χ4n) is 1.78. The van der Waals surface area contributed by atoms with Gasteiger partial charge in [-0.15, -0.1) is 0 Å². The first-order chi connectivity index (χ1) is 11.5. The van der Waals surface area contributed by atoms with Crippen molar-refractivity contribution in [2.24, 2.45) is 0 Å². The Kier molecular flexibility index (Phi) is 6.25. The zero-order valence-electron chi connectivity index (χ0n) is 12.2. The average molecular weight is 400 g/mol. The molecule has 0 unspecified atom stereocenters. The number of carbonyl (C=O) groups is 2. The molecule has 0 fully saturated rings. The highest BCUT2D eigenvalue weighted by Crippen LogP contribution is 2.25. The van der Waals surface area contributed by atoms with Crippen molar-refractivity contribution in [2.45, 2.75) is 6.61 Å². The predicted molar refractivity (Wildman–Crippen MR) is 86.1 cm³/mol. The summed E-state index contributed by atoms with van der Waals surface area (Å²) in [5, 5.41) is 2.35. The van der Waals surface area contributed by atoms with Crippen LogP contribution in [0.5, 0.6) is 5.75 Å². The molecule has 0 aliphatic rings. The topological polar surface area (TPSA) is 64.6 Å². The summed E-state index contributed by atoms with van der Waals surface area (Å²) in [5.41, 5.74) is 0.333. The maximum absolute atomic E-state index is 12.3. The second kappa shape index (κ2) is 8.39. The van der Waals surface area contributed by atoms with Gasteiger partial charge in [0.05, 0.1) is 11.3 Å². The van der Waals surface area contributed by atoms with Gasteiger partial charge in [0, 0.05) is 4.47 Å². The van der Waals surface area contributed by atoms with Gasteiger partial charge in [-0.1, -0.05) is 34.1 Å². The van der Waals surface area contributed by atoms with E-state index in [1.807, 2.05) is 0 Å². The number of anilines is 1. The van der Waals surface area contributed by atoms with E-state index >= 15 is 0 Å². The van der Waals surface area contributed by atoms with Gasteiger partial charge in [-0.2, -0.15) is 8.78 Å². The average Bonchev–Trinajstić information content (AvgIpc) is 2.54. The maximum Gasteiger partial charge on any atom is 0.387 e. The van der Waals surface area contributed by atoms with Gasteiger partial charge in [-0.3, -0.25) is 4.79 Å². The van der Waals surface area contributed by atoms with E-state index in [1.54, 1.807) is 24.3 Å². The van der Waals surface area contributed by atoms with Gasteiger partial charge in [0.2, 0.25) is 0 Å². The van der Waals surface area contributed by atoms with Crippen LogP contribution in [0.4, 0.5) is 14.5 Å². The highest BCUT2D eigenvalue weighted by molar-refractivity contribution is 9.10. The van der Waals surface area contributed by atoms with E-state index < -0.39 is 25.1 Å². The summed E-state index contributed by atoms with van der Waals surface area (Å²) in [6.45, 7) is -3.58. The van der Waals surface area contributed by atoms with E-state index in [0.29, 0.717) is 4.47 Å². The molecule has 24 heavy (non-hydrogen) atoms. The zero-order chi connectivity index (χ0) is 17.5. The molecule has 0 bridgehead atoms. The number of nitrogens with one attached hydrogen (secondary N) is 1. The number of hydrogen-bond donors (Lipinski definition) is 1. The van der Waals surface area contributed by atoms with Crippen molar-refractivity contribution >= 4 is 33.5 Å². The number of alkyl halides is 2.